The summed E-state index contributed by atoms with van der Waals surface area (Å²) in [5.41, 5.74) is 2.88. The van der Waals surface area contributed by atoms with Crippen LogP contribution in [0.25, 0.3) is 10.9 Å². The number of aromatic nitrogens is 2. The van der Waals surface area contributed by atoms with E-state index >= 15 is 0 Å². The van der Waals surface area contributed by atoms with Crippen molar-refractivity contribution in [2.75, 3.05) is 39.9 Å². The van der Waals surface area contributed by atoms with Crippen LogP contribution in [-0.4, -0.2) is 76.7 Å². The quantitative estimate of drug-likeness (QED) is 0.538. The Balaban J connectivity index is 1.56. The molecular weight excluding hydrogens is 434 g/mol. The van der Waals surface area contributed by atoms with Crippen molar-refractivity contribution in [3.63, 3.8) is 0 Å². The van der Waals surface area contributed by atoms with Gasteiger partial charge in [-0.05, 0) is 36.2 Å². The summed E-state index contributed by atoms with van der Waals surface area (Å²) in [6.07, 6.45) is 4.03. The second-order valence-corrected chi connectivity index (χ2v) is 9.07. The number of nitrogens with one attached hydrogen (secondary N) is 2. The minimum Gasteiger partial charge on any atom is -0.497 e. The maximum Gasteiger partial charge on any atom is 0.318 e. The molecule has 3 aromatic rings. The number of H-pyrrole nitrogens is 1. The van der Waals surface area contributed by atoms with E-state index in [0.29, 0.717) is 31.7 Å². The number of amides is 3. The molecule has 2 aliphatic heterocycles. The highest BCUT2D eigenvalue weighted by Crippen LogP contribution is 2.48. The van der Waals surface area contributed by atoms with Gasteiger partial charge in [0.05, 0.1) is 30.7 Å². The van der Waals surface area contributed by atoms with Crippen molar-refractivity contribution in [1.82, 2.24) is 25.1 Å². The number of pyridine rings is 1. The molecule has 1 fully saturated rings. The number of aromatic amines is 1. The van der Waals surface area contributed by atoms with E-state index in [-0.39, 0.29) is 18.5 Å². The number of hydrogen-bond donors (Lipinski definition) is 3. The number of benzene rings is 1. The van der Waals surface area contributed by atoms with Gasteiger partial charge in [0.2, 0.25) is 0 Å². The lowest BCUT2D eigenvalue weighted by Crippen LogP contribution is -2.68. The third-order valence-electron chi connectivity index (χ3n) is 6.89. The number of aliphatic hydroxyl groups is 1. The summed E-state index contributed by atoms with van der Waals surface area (Å²) in [5, 5.41) is 14.3. The van der Waals surface area contributed by atoms with Crippen molar-refractivity contribution in [3.8, 4) is 5.75 Å². The Morgan fingerprint density at radius 3 is 2.79 bits per heavy atom. The summed E-state index contributed by atoms with van der Waals surface area (Å²) in [6.45, 7) is 3.72. The van der Waals surface area contributed by atoms with Crippen LogP contribution in [0, 0.1) is 0 Å². The molecule has 0 aliphatic carbocycles. The molecule has 5 rings (SSSR count). The van der Waals surface area contributed by atoms with Crippen molar-refractivity contribution in [3.05, 3.63) is 59.5 Å². The molecule has 0 bridgehead atoms. The Hall–Kier alpha value is -3.59. The van der Waals surface area contributed by atoms with Crippen LogP contribution >= 0.6 is 0 Å². The van der Waals surface area contributed by atoms with Crippen LogP contribution in [0.1, 0.15) is 41.0 Å². The summed E-state index contributed by atoms with van der Waals surface area (Å²) >= 11 is 0. The average Bonchev–Trinajstić information content (AvgIpc) is 3.24. The monoisotopic (exact) mass is 463 g/mol. The first-order valence-corrected chi connectivity index (χ1v) is 11.6. The molecule has 3 N–H and O–H groups in total. The Morgan fingerprint density at radius 2 is 2.12 bits per heavy atom. The van der Waals surface area contributed by atoms with E-state index in [2.05, 4.69) is 15.3 Å². The fraction of sp³-hybridized carbons (Fsp3) is 0.400. The van der Waals surface area contributed by atoms with Crippen molar-refractivity contribution in [1.29, 1.82) is 0 Å². The van der Waals surface area contributed by atoms with Gasteiger partial charge in [0.25, 0.3) is 5.91 Å². The molecule has 0 saturated carbocycles. The summed E-state index contributed by atoms with van der Waals surface area (Å²) in [6, 6.07) is 8.65. The fourth-order valence-electron chi connectivity index (χ4n) is 5.31. The summed E-state index contributed by atoms with van der Waals surface area (Å²) in [5.74, 6) is 0.647. The number of carbonyl (C=O) groups excluding carboxylic acids is 2. The van der Waals surface area contributed by atoms with E-state index in [4.69, 9.17) is 4.74 Å². The first-order chi connectivity index (χ1) is 16.5. The van der Waals surface area contributed by atoms with Crippen LogP contribution in [0.2, 0.25) is 0 Å². The molecule has 4 heterocycles. The lowest BCUT2D eigenvalue weighted by atomic mass is 9.68. The molecular formula is C25H29N5O4. The van der Waals surface area contributed by atoms with Crippen LogP contribution < -0.4 is 10.1 Å². The molecule has 0 radical (unpaired) electrons. The summed E-state index contributed by atoms with van der Waals surface area (Å²) in [4.78, 5) is 37.2. The standard InChI is InChI=1S/C25H29N5O4/c1-3-8-27-24(33)30-15-25(13-29(14-25)23(32)16-5-4-9-26-11-16)21-18-7-6-17(34-2)10-19(18)28-22(21)20(30)12-31/h4-7,9-11,20,28,31H,3,8,12-15H2,1-2H3,(H,27,33)/t20-/m1/s1. The lowest BCUT2D eigenvalue weighted by molar-refractivity contribution is 0.0121. The van der Waals surface area contributed by atoms with E-state index in [1.54, 1.807) is 41.4 Å². The molecule has 3 amide bonds. The Morgan fingerprint density at radius 1 is 1.29 bits per heavy atom. The van der Waals surface area contributed by atoms with Crippen LogP contribution in [0.5, 0.6) is 5.75 Å². The number of hydrogen-bond acceptors (Lipinski definition) is 5. The van der Waals surface area contributed by atoms with Crippen LogP contribution in [-0.2, 0) is 5.41 Å². The number of likely N-dealkylation sites (tertiary alicyclic amines) is 1. The number of rotatable bonds is 5. The van der Waals surface area contributed by atoms with Gasteiger partial charge in [-0.15, -0.1) is 0 Å². The highest BCUT2D eigenvalue weighted by molar-refractivity contribution is 5.96. The Kier molecular flexibility index (Phi) is 5.65. The minimum atomic E-state index is -0.501. The fourth-order valence-corrected chi connectivity index (χ4v) is 5.31. The Bertz CT molecular complexity index is 1220. The van der Waals surface area contributed by atoms with Gasteiger partial charge >= 0.3 is 6.03 Å². The largest absolute Gasteiger partial charge is 0.497 e. The van der Waals surface area contributed by atoms with Crippen molar-refractivity contribution in [2.45, 2.75) is 24.8 Å². The molecule has 1 spiro atoms. The van der Waals surface area contributed by atoms with Gasteiger partial charge < -0.3 is 29.9 Å². The number of urea groups is 1. The molecule has 9 nitrogen and oxygen atoms in total. The topological polar surface area (TPSA) is 111 Å². The number of carbonyl (C=O) groups is 2. The second-order valence-electron chi connectivity index (χ2n) is 9.07. The predicted molar refractivity (Wildman–Crippen MR) is 127 cm³/mol. The Labute approximate surface area is 197 Å². The maximum absolute atomic E-state index is 13.1. The number of fused-ring (bicyclic) bond motifs is 4. The van der Waals surface area contributed by atoms with Gasteiger partial charge in [-0.2, -0.15) is 0 Å². The number of nitrogens with zero attached hydrogens (tertiary/aromatic N) is 3. The molecule has 178 valence electrons. The van der Waals surface area contributed by atoms with Gasteiger partial charge in [-0.25, -0.2) is 4.79 Å². The molecule has 2 aromatic heterocycles. The van der Waals surface area contributed by atoms with Crippen LogP contribution in [0.4, 0.5) is 4.79 Å². The zero-order valence-electron chi connectivity index (χ0n) is 19.4. The van der Waals surface area contributed by atoms with E-state index in [1.807, 2.05) is 25.1 Å². The van der Waals surface area contributed by atoms with Gasteiger partial charge in [0.15, 0.2) is 0 Å². The van der Waals surface area contributed by atoms with Gasteiger partial charge in [0.1, 0.15) is 5.75 Å². The van der Waals surface area contributed by atoms with E-state index < -0.39 is 11.5 Å². The smallest absolute Gasteiger partial charge is 0.318 e. The molecule has 9 heteroatoms. The van der Waals surface area contributed by atoms with Gasteiger partial charge in [-0.3, -0.25) is 9.78 Å². The zero-order valence-corrected chi connectivity index (χ0v) is 19.4. The highest BCUT2D eigenvalue weighted by Gasteiger charge is 2.55. The average molecular weight is 464 g/mol. The van der Waals surface area contributed by atoms with E-state index in [1.165, 1.54) is 0 Å². The van der Waals surface area contributed by atoms with Crippen LogP contribution in [0.15, 0.2) is 42.7 Å². The molecule has 1 aromatic carbocycles. The molecule has 0 unspecified atom stereocenters. The van der Waals surface area contributed by atoms with Crippen molar-refractivity contribution in [2.24, 2.45) is 0 Å². The van der Waals surface area contributed by atoms with Gasteiger partial charge in [-0.1, -0.05) is 6.92 Å². The third kappa shape index (κ3) is 3.47. The van der Waals surface area contributed by atoms with Gasteiger partial charge in [0, 0.05) is 61.2 Å². The SMILES string of the molecule is CCCNC(=O)N1CC2(CN(C(=O)c3cccnc3)C2)c2c([nH]c3cc(OC)ccc23)[C@H]1CO. The van der Waals surface area contributed by atoms with Crippen molar-refractivity contribution >= 4 is 22.8 Å². The molecule has 1 atom stereocenters. The summed E-state index contributed by atoms with van der Waals surface area (Å²) in [7, 11) is 1.62. The molecule has 34 heavy (non-hydrogen) atoms. The lowest BCUT2D eigenvalue weighted by Gasteiger charge is -2.56. The number of aliphatic hydroxyl groups excluding tert-OH is 1. The summed E-state index contributed by atoms with van der Waals surface area (Å²) < 4.78 is 5.40. The molecule has 1 saturated heterocycles. The van der Waals surface area contributed by atoms with Crippen molar-refractivity contribution < 1.29 is 19.4 Å². The first kappa shape index (κ1) is 22.2. The number of methoxy groups -OCH3 is 1. The normalized spacial score (nSPS) is 18.5. The first-order valence-electron chi connectivity index (χ1n) is 11.6. The van der Waals surface area contributed by atoms with E-state index in [9.17, 15) is 14.7 Å². The maximum atomic E-state index is 13.1. The predicted octanol–water partition coefficient (Wildman–Crippen LogP) is 2.43. The zero-order chi connectivity index (χ0) is 23.9. The van der Waals surface area contributed by atoms with E-state index in [0.717, 1.165) is 34.3 Å². The number of ether oxygens (including phenoxy) is 1. The second kappa shape index (κ2) is 8.64. The minimum absolute atomic E-state index is 0.0759. The molecule has 2 aliphatic rings. The third-order valence-corrected chi connectivity index (χ3v) is 6.89. The van der Waals surface area contributed by atoms with Crippen LogP contribution in [0.3, 0.4) is 0 Å². The highest BCUT2D eigenvalue weighted by atomic mass is 16.5.